The number of amides is 1. The molecule has 1 N–H and O–H groups in total. The van der Waals surface area contributed by atoms with Crippen molar-refractivity contribution in [2.24, 2.45) is 5.92 Å². The molecule has 2 rings (SSSR count). The van der Waals surface area contributed by atoms with Crippen LogP contribution in [-0.4, -0.2) is 22.4 Å². The molecule has 0 unspecified atom stereocenters. The summed E-state index contributed by atoms with van der Waals surface area (Å²) in [6.45, 7) is 4.78. The third-order valence-corrected chi connectivity index (χ3v) is 2.41. The van der Waals surface area contributed by atoms with E-state index in [0.29, 0.717) is 23.5 Å². The number of rotatable bonds is 3. The minimum atomic E-state index is -0.0928. The second-order valence-corrected chi connectivity index (χ2v) is 4.33. The first-order valence-electron chi connectivity index (χ1n) is 5.66. The average molecular weight is 229 g/mol. The molecule has 0 aliphatic rings. The fraction of sp³-hybridized carbons (Fsp3) is 0.308. The van der Waals surface area contributed by atoms with Crippen molar-refractivity contribution < 1.29 is 4.79 Å². The lowest BCUT2D eigenvalue weighted by atomic mass is 10.1. The monoisotopic (exact) mass is 229 g/mol. The fourth-order valence-corrected chi connectivity index (χ4v) is 1.57. The van der Waals surface area contributed by atoms with Crippen LogP contribution in [0.4, 0.5) is 0 Å². The number of hydrogen-bond donors (Lipinski definition) is 1. The van der Waals surface area contributed by atoms with E-state index >= 15 is 0 Å². The van der Waals surface area contributed by atoms with Crippen LogP contribution in [0.25, 0.3) is 11.0 Å². The van der Waals surface area contributed by atoms with Crippen LogP contribution in [-0.2, 0) is 0 Å². The largest absolute Gasteiger partial charge is 0.352 e. The molecule has 88 valence electrons. The number of hydrogen-bond acceptors (Lipinski definition) is 3. The summed E-state index contributed by atoms with van der Waals surface area (Å²) in [6, 6.07) is 5.44. The normalized spacial score (nSPS) is 10.8. The van der Waals surface area contributed by atoms with Gasteiger partial charge in [0.2, 0.25) is 0 Å². The molecule has 0 fully saturated rings. The molecule has 0 aliphatic heterocycles. The fourth-order valence-electron chi connectivity index (χ4n) is 1.57. The van der Waals surface area contributed by atoms with Gasteiger partial charge in [-0.25, -0.2) is 0 Å². The van der Waals surface area contributed by atoms with E-state index < -0.39 is 0 Å². The number of carbonyl (C=O) groups excluding carboxylic acids is 1. The predicted molar refractivity (Wildman–Crippen MR) is 66.7 cm³/mol. The Labute approximate surface area is 100 Å². The predicted octanol–water partition coefficient (Wildman–Crippen LogP) is 2.02. The first-order chi connectivity index (χ1) is 8.18. The smallest absolute Gasteiger partial charge is 0.253 e. The van der Waals surface area contributed by atoms with Crippen LogP contribution in [0.1, 0.15) is 24.2 Å². The molecule has 0 atom stereocenters. The molecular weight excluding hydrogens is 214 g/mol. The summed E-state index contributed by atoms with van der Waals surface area (Å²) in [5, 5.41) is 2.88. The number of benzene rings is 1. The summed E-state index contributed by atoms with van der Waals surface area (Å²) in [4.78, 5) is 20.4. The van der Waals surface area contributed by atoms with Gasteiger partial charge in [0.05, 0.1) is 11.1 Å². The van der Waals surface area contributed by atoms with Gasteiger partial charge in [0.25, 0.3) is 5.91 Å². The zero-order valence-electron chi connectivity index (χ0n) is 9.97. The zero-order valence-corrected chi connectivity index (χ0v) is 9.97. The average Bonchev–Trinajstić information content (AvgIpc) is 2.35. The van der Waals surface area contributed by atoms with Crippen molar-refractivity contribution in [2.45, 2.75) is 13.8 Å². The van der Waals surface area contributed by atoms with Crippen molar-refractivity contribution in [3.05, 3.63) is 36.2 Å². The van der Waals surface area contributed by atoms with Crippen molar-refractivity contribution in [1.29, 1.82) is 0 Å². The lowest BCUT2D eigenvalue weighted by molar-refractivity contribution is 0.0950. The number of aromatic nitrogens is 2. The van der Waals surface area contributed by atoms with Gasteiger partial charge in [0, 0.05) is 18.9 Å². The summed E-state index contributed by atoms with van der Waals surface area (Å²) in [7, 11) is 0. The Morgan fingerprint density at radius 1 is 1.29 bits per heavy atom. The van der Waals surface area contributed by atoms with Crippen LogP contribution < -0.4 is 5.32 Å². The maximum atomic E-state index is 12.0. The van der Waals surface area contributed by atoms with E-state index in [4.69, 9.17) is 0 Å². The number of para-hydroxylation sites is 1. The molecular formula is C13H15N3O. The highest BCUT2D eigenvalue weighted by molar-refractivity contribution is 6.04. The molecule has 0 saturated heterocycles. The zero-order chi connectivity index (χ0) is 12.3. The first kappa shape index (κ1) is 11.5. The van der Waals surface area contributed by atoms with Crippen molar-refractivity contribution >= 4 is 16.9 Å². The Morgan fingerprint density at radius 3 is 2.82 bits per heavy atom. The number of fused-ring (bicyclic) bond motifs is 1. The van der Waals surface area contributed by atoms with Crippen molar-refractivity contribution in [1.82, 2.24) is 15.3 Å². The molecule has 2 aromatic rings. The molecule has 1 amide bonds. The van der Waals surface area contributed by atoms with Crippen LogP contribution in [0, 0.1) is 5.92 Å². The van der Waals surface area contributed by atoms with Gasteiger partial charge in [0.15, 0.2) is 0 Å². The maximum absolute atomic E-state index is 12.0. The van der Waals surface area contributed by atoms with E-state index in [1.165, 1.54) is 0 Å². The van der Waals surface area contributed by atoms with Crippen LogP contribution in [0.2, 0.25) is 0 Å². The molecule has 1 aromatic carbocycles. The highest BCUT2D eigenvalue weighted by atomic mass is 16.1. The van der Waals surface area contributed by atoms with E-state index in [0.717, 1.165) is 5.52 Å². The Kier molecular flexibility index (Phi) is 3.32. The number of carbonyl (C=O) groups is 1. The number of nitrogens with zero attached hydrogens (tertiary/aromatic N) is 2. The molecule has 0 aliphatic carbocycles. The van der Waals surface area contributed by atoms with Gasteiger partial charge in [-0.15, -0.1) is 0 Å². The van der Waals surface area contributed by atoms with Crippen molar-refractivity contribution in [3.8, 4) is 0 Å². The third-order valence-electron chi connectivity index (χ3n) is 2.41. The van der Waals surface area contributed by atoms with E-state index in [1.54, 1.807) is 18.5 Å². The van der Waals surface area contributed by atoms with E-state index in [-0.39, 0.29) is 5.91 Å². The molecule has 1 heterocycles. The maximum Gasteiger partial charge on any atom is 0.253 e. The third kappa shape index (κ3) is 2.58. The van der Waals surface area contributed by atoms with Gasteiger partial charge in [-0.3, -0.25) is 14.8 Å². The first-order valence-corrected chi connectivity index (χ1v) is 5.66. The highest BCUT2D eigenvalue weighted by Crippen LogP contribution is 2.13. The minimum Gasteiger partial charge on any atom is -0.352 e. The van der Waals surface area contributed by atoms with Gasteiger partial charge >= 0.3 is 0 Å². The molecule has 4 nitrogen and oxygen atoms in total. The van der Waals surface area contributed by atoms with Crippen LogP contribution in [0.15, 0.2) is 30.6 Å². The summed E-state index contributed by atoms with van der Waals surface area (Å²) in [5.41, 5.74) is 1.97. The molecule has 1 aromatic heterocycles. The van der Waals surface area contributed by atoms with Crippen molar-refractivity contribution in [2.75, 3.05) is 6.54 Å². The van der Waals surface area contributed by atoms with Gasteiger partial charge in [-0.2, -0.15) is 0 Å². The summed E-state index contributed by atoms with van der Waals surface area (Å²) < 4.78 is 0. The lowest BCUT2D eigenvalue weighted by Gasteiger charge is -2.08. The SMILES string of the molecule is CC(C)CNC(=O)c1cccc2nccnc12. The quantitative estimate of drug-likeness (QED) is 0.876. The van der Waals surface area contributed by atoms with Gasteiger partial charge in [-0.1, -0.05) is 19.9 Å². The molecule has 0 bridgehead atoms. The number of nitrogens with one attached hydrogen (secondary N) is 1. The second-order valence-electron chi connectivity index (χ2n) is 4.33. The molecule has 4 heteroatoms. The van der Waals surface area contributed by atoms with Crippen LogP contribution >= 0.6 is 0 Å². The molecule has 17 heavy (non-hydrogen) atoms. The second kappa shape index (κ2) is 4.91. The summed E-state index contributed by atoms with van der Waals surface area (Å²) in [5.74, 6) is 0.338. The minimum absolute atomic E-state index is 0.0928. The van der Waals surface area contributed by atoms with Gasteiger partial charge in [-0.05, 0) is 18.1 Å². The Balaban J connectivity index is 2.32. The van der Waals surface area contributed by atoms with Crippen LogP contribution in [0.5, 0.6) is 0 Å². The Bertz CT molecular complexity index is 532. The molecule has 0 radical (unpaired) electrons. The van der Waals surface area contributed by atoms with E-state index in [9.17, 15) is 4.79 Å². The molecule has 0 spiro atoms. The summed E-state index contributed by atoms with van der Waals surface area (Å²) >= 11 is 0. The summed E-state index contributed by atoms with van der Waals surface area (Å²) in [6.07, 6.45) is 3.22. The standard InChI is InChI=1S/C13H15N3O/c1-9(2)8-16-13(17)10-4-3-5-11-12(10)15-7-6-14-11/h3-7,9H,8H2,1-2H3,(H,16,17). The van der Waals surface area contributed by atoms with Crippen molar-refractivity contribution in [3.63, 3.8) is 0 Å². The molecule has 0 saturated carbocycles. The van der Waals surface area contributed by atoms with Gasteiger partial charge < -0.3 is 5.32 Å². The van der Waals surface area contributed by atoms with E-state index in [1.807, 2.05) is 12.1 Å². The topological polar surface area (TPSA) is 54.9 Å². The van der Waals surface area contributed by atoms with E-state index in [2.05, 4.69) is 29.1 Å². The lowest BCUT2D eigenvalue weighted by Crippen LogP contribution is -2.27. The van der Waals surface area contributed by atoms with Crippen LogP contribution in [0.3, 0.4) is 0 Å². The highest BCUT2D eigenvalue weighted by Gasteiger charge is 2.10. The van der Waals surface area contributed by atoms with Gasteiger partial charge in [0.1, 0.15) is 5.52 Å². The Hall–Kier alpha value is -1.97. The Morgan fingerprint density at radius 2 is 2.06 bits per heavy atom.